The van der Waals surface area contributed by atoms with Crippen LogP contribution in [0.15, 0.2) is 49.2 Å². The third-order valence-electron chi connectivity index (χ3n) is 4.84. The van der Waals surface area contributed by atoms with Gasteiger partial charge in [0.25, 0.3) is 5.91 Å². The number of benzene rings is 1. The van der Waals surface area contributed by atoms with Crippen LogP contribution in [0.25, 0.3) is 5.82 Å². The maximum Gasteiger partial charge on any atom is 0.253 e. The summed E-state index contributed by atoms with van der Waals surface area (Å²) in [6.45, 7) is 0. The number of carbonyl (C=O) groups excluding carboxylic acids is 1. The molecule has 4 rings (SSSR count). The lowest BCUT2D eigenvalue weighted by Crippen LogP contribution is -2.39. The maximum atomic E-state index is 13.3. The molecule has 0 spiro atoms. The minimum absolute atomic E-state index is 0.0177. The molecule has 1 saturated carbocycles. The Bertz CT molecular complexity index is 951. The van der Waals surface area contributed by atoms with Crippen LogP contribution in [0.1, 0.15) is 36.0 Å². The number of carbonyl (C=O) groups is 1. The molecule has 1 N–H and O–H groups in total. The molecule has 0 aliphatic heterocycles. The fourth-order valence-electron chi connectivity index (χ4n) is 3.37. The van der Waals surface area contributed by atoms with Gasteiger partial charge in [-0.2, -0.15) is 0 Å². The van der Waals surface area contributed by atoms with E-state index in [1.165, 1.54) is 31.0 Å². The van der Waals surface area contributed by atoms with Crippen molar-refractivity contribution in [2.45, 2.75) is 37.8 Å². The van der Waals surface area contributed by atoms with E-state index in [9.17, 15) is 13.6 Å². The molecule has 2 aromatic heterocycles. The Morgan fingerprint density at radius 3 is 2.34 bits per heavy atom. The van der Waals surface area contributed by atoms with Gasteiger partial charge in [0.05, 0.1) is 11.7 Å². The molecule has 1 aromatic carbocycles. The van der Waals surface area contributed by atoms with Crippen molar-refractivity contribution in [2.24, 2.45) is 0 Å². The van der Waals surface area contributed by atoms with Crippen molar-refractivity contribution in [3.63, 3.8) is 0 Å². The Kier molecular flexibility index (Phi) is 5.46. The number of ether oxygens (including phenoxy) is 1. The van der Waals surface area contributed by atoms with Gasteiger partial charge in [-0.05, 0) is 37.8 Å². The SMILES string of the molecule is O=C(NC1CCC(Oc2cc(F)cc(F)c2)CC1)c1ccc(-n2cnnc2)nc1. The summed E-state index contributed by atoms with van der Waals surface area (Å²) in [5.74, 6) is -0.702. The highest BCUT2D eigenvalue weighted by molar-refractivity contribution is 5.94. The van der Waals surface area contributed by atoms with E-state index in [0.717, 1.165) is 18.9 Å². The van der Waals surface area contributed by atoms with Gasteiger partial charge in [-0.3, -0.25) is 9.36 Å². The third-order valence-corrected chi connectivity index (χ3v) is 4.84. The Hall–Kier alpha value is -3.36. The number of nitrogens with zero attached hydrogens (tertiary/aromatic N) is 4. The van der Waals surface area contributed by atoms with Gasteiger partial charge < -0.3 is 10.1 Å². The summed E-state index contributed by atoms with van der Waals surface area (Å²) in [7, 11) is 0. The van der Waals surface area contributed by atoms with Gasteiger partial charge in [0.2, 0.25) is 0 Å². The molecule has 2 heterocycles. The average Bonchev–Trinajstić information content (AvgIpc) is 3.24. The highest BCUT2D eigenvalue weighted by Crippen LogP contribution is 2.25. The van der Waals surface area contributed by atoms with E-state index in [-0.39, 0.29) is 23.8 Å². The summed E-state index contributed by atoms with van der Waals surface area (Å²) in [4.78, 5) is 16.7. The van der Waals surface area contributed by atoms with Crippen LogP contribution in [0, 0.1) is 11.6 Å². The van der Waals surface area contributed by atoms with Crippen LogP contribution in [0.4, 0.5) is 8.78 Å². The molecule has 0 atom stereocenters. The van der Waals surface area contributed by atoms with Crippen molar-refractivity contribution < 1.29 is 18.3 Å². The van der Waals surface area contributed by atoms with Crippen molar-refractivity contribution in [3.05, 3.63) is 66.4 Å². The number of halogens is 2. The Morgan fingerprint density at radius 1 is 1.03 bits per heavy atom. The molecule has 7 nitrogen and oxygen atoms in total. The Labute approximate surface area is 165 Å². The first kappa shape index (κ1) is 19.0. The molecular weight excluding hydrogens is 380 g/mol. The van der Waals surface area contributed by atoms with E-state index in [4.69, 9.17) is 4.74 Å². The lowest BCUT2D eigenvalue weighted by atomic mass is 9.92. The second-order valence-corrected chi connectivity index (χ2v) is 6.94. The number of hydrogen-bond acceptors (Lipinski definition) is 5. The van der Waals surface area contributed by atoms with Gasteiger partial charge in [-0.25, -0.2) is 13.8 Å². The number of hydrogen-bond donors (Lipinski definition) is 1. The lowest BCUT2D eigenvalue weighted by molar-refractivity contribution is 0.0893. The summed E-state index contributed by atoms with van der Waals surface area (Å²) in [5, 5.41) is 10.4. The molecule has 1 aliphatic carbocycles. The van der Waals surface area contributed by atoms with Crippen molar-refractivity contribution >= 4 is 5.91 Å². The summed E-state index contributed by atoms with van der Waals surface area (Å²) in [5.41, 5.74) is 0.468. The molecule has 0 unspecified atom stereocenters. The summed E-state index contributed by atoms with van der Waals surface area (Å²) >= 11 is 0. The second kappa shape index (κ2) is 8.34. The normalized spacial score (nSPS) is 19.0. The van der Waals surface area contributed by atoms with Crippen LogP contribution in [0.5, 0.6) is 5.75 Å². The summed E-state index contributed by atoms with van der Waals surface area (Å²) in [6.07, 6.45) is 7.26. The summed E-state index contributed by atoms with van der Waals surface area (Å²) < 4.78 is 33.9. The monoisotopic (exact) mass is 399 g/mol. The fourth-order valence-corrected chi connectivity index (χ4v) is 3.37. The maximum absolute atomic E-state index is 13.3. The van der Waals surface area contributed by atoms with Gasteiger partial charge in [0.15, 0.2) is 0 Å². The molecule has 29 heavy (non-hydrogen) atoms. The minimum Gasteiger partial charge on any atom is -0.490 e. The Morgan fingerprint density at radius 2 is 1.72 bits per heavy atom. The minimum atomic E-state index is -0.662. The molecule has 1 aliphatic rings. The summed E-state index contributed by atoms with van der Waals surface area (Å²) in [6, 6.07) is 6.60. The molecule has 3 aromatic rings. The van der Waals surface area contributed by atoms with Crippen LogP contribution < -0.4 is 10.1 Å². The van der Waals surface area contributed by atoms with Gasteiger partial charge in [-0.1, -0.05) is 0 Å². The fraction of sp³-hybridized carbons (Fsp3) is 0.300. The molecular formula is C20H19F2N5O2. The van der Waals surface area contributed by atoms with Gasteiger partial charge >= 0.3 is 0 Å². The topological polar surface area (TPSA) is 81.9 Å². The van der Waals surface area contributed by atoms with Crippen molar-refractivity contribution in [1.82, 2.24) is 25.1 Å². The first-order valence-corrected chi connectivity index (χ1v) is 9.31. The largest absolute Gasteiger partial charge is 0.490 e. The third kappa shape index (κ3) is 4.74. The van der Waals surface area contributed by atoms with Crippen LogP contribution >= 0.6 is 0 Å². The molecule has 0 radical (unpaired) electrons. The number of amides is 1. The van der Waals surface area contributed by atoms with E-state index in [1.807, 2.05) is 0 Å². The van der Waals surface area contributed by atoms with Crippen LogP contribution in [-0.2, 0) is 0 Å². The molecule has 0 bridgehead atoms. The number of aromatic nitrogens is 4. The Balaban J connectivity index is 1.28. The zero-order chi connectivity index (χ0) is 20.2. The second-order valence-electron chi connectivity index (χ2n) is 6.94. The molecule has 1 fully saturated rings. The number of pyridine rings is 1. The van der Waals surface area contributed by atoms with Crippen molar-refractivity contribution in [3.8, 4) is 11.6 Å². The van der Waals surface area contributed by atoms with E-state index in [0.29, 0.717) is 24.2 Å². The van der Waals surface area contributed by atoms with E-state index < -0.39 is 11.6 Å². The highest BCUT2D eigenvalue weighted by Gasteiger charge is 2.24. The zero-order valence-electron chi connectivity index (χ0n) is 15.5. The van der Waals surface area contributed by atoms with Crippen LogP contribution in [0.3, 0.4) is 0 Å². The lowest BCUT2D eigenvalue weighted by Gasteiger charge is -2.29. The average molecular weight is 399 g/mol. The first-order valence-electron chi connectivity index (χ1n) is 9.31. The predicted molar refractivity (Wildman–Crippen MR) is 99.7 cm³/mol. The van der Waals surface area contributed by atoms with Crippen LogP contribution in [0.2, 0.25) is 0 Å². The van der Waals surface area contributed by atoms with Gasteiger partial charge in [-0.15, -0.1) is 10.2 Å². The molecule has 9 heteroatoms. The van der Waals surface area contributed by atoms with Gasteiger partial charge in [0.1, 0.15) is 35.9 Å². The van der Waals surface area contributed by atoms with E-state index in [2.05, 4.69) is 20.5 Å². The van der Waals surface area contributed by atoms with E-state index in [1.54, 1.807) is 16.7 Å². The molecule has 1 amide bonds. The predicted octanol–water partition coefficient (Wildman–Crippen LogP) is 3.06. The van der Waals surface area contributed by atoms with Crippen molar-refractivity contribution in [1.29, 1.82) is 0 Å². The molecule has 150 valence electrons. The smallest absolute Gasteiger partial charge is 0.253 e. The van der Waals surface area contributed by atoms with Crippen molar-refractivity contribution in [2.75, 3.05) is 0 Å². The standard InChI is InChI=1S/C20H19F2N5O2/c21-14-7-15(22)9-18(8-14)29-17-4-2-16(3-5-17)26-20(28)13-1-6-19(23-10-13)27-11-24-25-12-27/h1,6-12,16-17H,2-5H2,(H,26,28). The first-order chi connectivity index (χ1) is 14.1. The van der Waals surface area contributed by atoms with Gasteiger partial charge in [0, 0.05) is 30.4 Å². The zero-order valence-corrected chi connectivity index (χ0v) is 15.5. The number of rotatable bonds is 5. The quantitative estimate of drug-likeness (QED) is 0.713. The van der Waals surface area contributed by atoms with E-state index >= 15 is 0 Å². The highest BCUT2D eigenvalue weighted by atomic mass is 19.1. The number of nitrogens with one attached hydrogen (secondary N) is 1. The molecule has 0 saturated heterocycles. The van der Waals surface area contributed by atoms with Crippen LogP contribution in [-0.4, -0.2) is 37.8 Å².